The van der Waals surface area contributed by atoms with Crippen LogP contribution in [0, 0.1) is 11.9 Å². The molecule has 0 spiro atoms. The SMILES string of the molecule is Fc1[c]c(-c2cccc(Oc3cccc(OC(F)(F)C(F)F)c3)c2)c(C(F)(F)F)cc1. The lowest BCUT2D eigenvalue weighted by Crippen LogP contribution is -2.33. The van der Waals surface area contributed by atoms with Crippen molar-refractivity contribution in [2.24, 2.45) is 0 Å². The summed E-state index contributed by atoms with van der Waals surface area (Å²) < 4.78 is 113. The molecule has 0 aliphatic rings. The summed E-state index contributed by atoms with van der Waals surface area (Å²) in [6.07, 6.45) is -13.5. The van der Waals surface area contributed by atoms with E-state index in [0.29, 0.717) is 12.1 Å². The molecule has 0 amide bonds. The minimum Gasteiger partial charge on any atom is -0.457 e. The number of ether oxygens (including phenoxy) is 2. The zero-order valence-corrected chi connectivity index (χ0v) is 15.2. The van der Waals surface area contributed by atoms with E-state index in [0.717, 1.165) is 18.2 Å². The van der Waals surface area contributed by atoms with Gasteiger partial charge in [0.05, 0.1) is 5.56 Å². The normalized spacial score (nSPS) is 12.2. The van der Waals surface area contributed by atoms with Crippen LogP contribution in [0.5, 0.6) is 17.2 Å². The van der Waals surface area contributed by atoms with Gasteiger partial charge in [0.15, 0.2) is 0 Å². The lowest BCUT2D eigenvalue weighted by Gasteiger charge is -2.17. The van der Waals surface area contributed by atoms with Crippen LogP contribution < -0.4 is 9.47 Å². The van der Waals surface area contributed by atoms with Crippen molar-refractivity contribution in [2.45, 2.75) is 18.7 Å². The van der Waals surface area contributed by atoms with Crippen LogP contribution in [0.25, 0.3) is 11.1 Å². The zero-order valence-electron chi connectivity index (χ0n) is 15.2. The van der Waals surface area contributed by atoms with Gasteiger partial charge in [-0.1, -0.05) is 18.2 Å². The number of hydrogen-bond donors (Lipinski definition) is 0. The molecule has 3 rings (SSSR count). The number of halogens is 8. The Bertz CT molecular complexity index is 1060. The molecule has 0 aliphatic carbocycles. The summed E-state index contributed by atoms with van der Waals surface area (Å²) in [5.41, 5.74) is -1.73. The van der Waals surface area contributed by atoms with E-state index in [9.17, 15) is 35.1 Å². The summed E-state index contributed by atoms with van der Waals surface area (Å²) in [6, 6.07) is 12.7. The highest BCUT2D eigenvalue weighted by atomic mass is 19.4. The second-order valence-corrected chi connectivity index (χ2v) is 6.16. The van der Waals surface area contributed by atoms with Crippen molar-refractivity contribution < 1.29 is 44.6 Å². The van der Waals surface area contributed by atoms with Crippen LogP contribution >= 0.6 is 0 Å². The molecule has 1 radical (unpaired) electrons. The molecule has 0 fully saturated rings. The molecule has 0 saturated heterocycles. The van der Waals surface area contributed by atoms with Crippen molar-refractivity contribution in [3.05, 3.63) is 78.1 Å². The van der Waals surface area contributed by atoms with Crippen LogP contribution in [0.15, 0.2) is 60.7 Å². The van der Waals surface area contributed by atoms with E-state index in [1.54, 1.807) is 0 Å². The smallest absolute Gasteiger partial charge is 0.457 e. The quantitative estimate of drug-likeness (QED) is 0.368. The summed E-state index contributed by atoms with van der Waals surface area (Å²) in [5, 5.41) is 0. The van der Waals surface area contributed by atoms with Crippen LogP contribution in [0.3, 0.4) is 0 Å². The molecule has 0 N–H and O–H groups in total. The fourth-order valence-electron chi connectivity index (χ4n) is 2.59. The van der Waals surface area contributed by atoms with Gasteiger partial charge in [-0.2, -0.15) is 30.7 Å². The Morgan fingerprint density at radius 3 is 2.03 bits per heavy atom. The van der Waals surface area contributed by atoms with Crippen molar-refractivity contribution in [3.63, 3.8) is 0 Å². The average Bonchev–Trinajstić information content (AvgIpc) is 2.67. The maximum absolute atomic E-state index is 13.5. The number of benzene rings is 3. The molecule has 0 atom stereocenters. The Morgan fingerprint density at radius 1 is 0.774 bits per heavy atom. The van der Waals surface area contributed by atoms with Gasteiger partial charge in [0.1, 0.15) is 23.1 Å². The molecule has 0 unspecified atom stereocenters. The lowest BCUT2D eigenvalue weighted by atomic mass is 9.99. The topological polar surface area (TPSA) is 18.5 Å². The van der Waals surface area contributed by atoms with Gasteiger partial charge in [-0.3, -0.25) is 0 Å². The molecule has 0 aromatic heterocycles. The minimum atomic E-state index is -4.77. The van der Waals surface area contributed by atoms with E-state index in [4.69, 9.17) is 4.74 Å². The molecule has 0 heterocycles. The number of rotatable bonds is 6. The maximum Gasteiger partial charge on any atom is 0.461 e. The molecule has 10 heteroatoms. The van der Waals surface area contributed by atoms with Crippen molar-refractivity contribution >= 4 is 0 Å². The molecular formula is C21H11F8O2. The lowest BCUT2D eigenvalue weighted by molar-refractivity contribution is -0.253. The predicted octanol–water partition coefficient (Wildman–Crippen LogP) is 7.34. The fourth-order valence-corrected chi connectivity index (χ4v) is 2.59. The van der Waals surface area contributed by atoms with E-state index in [1.165, 1.54) is 30.3 Å². The maximum atomic E-state index is 13.5. The van der Waals surface area contributed by atoms with Crippen LogP contribution in [0.4, 0.5) is 35.1 Å². The molecule has 0 bridgehead atoms. The molecule has 2 nitrogen and oxygen atoms in total. The van der Waals surface area contributed by atoms with Crippen LogP contribution in [0.2, 0.25) is 0 Å². The van der Waals surface area contributed by atoms with Gasteiger partial charge >= 0.3 is 18.7 Å². The van der Waals surface area contributed by atoms with Gasteiger partial charge in [0, 0.05) is 17.7 Å². The Hall–Kier alpha value is -3.30. The van der Waals surface area contributed by atoms with Crippen molar-refractivity contribution in [2.75, 3.05) is 0 Å². The van der Waals surface area contributed by atoms with Crippen LogP contribution in [0.1, 0.15) is 5.56 Å². The zero-order chi connectivity index (χ0) is 22.8. The molecule has 3 aromatic carbocycles. The first-order chi connectivity index (χ1) is 14.5. The Labute approximate surface area is 170 Å². The first kappa shape index (κ1) is 22.4. The summed E-state index contributed by atoms with van der Waals surface area (Å²) in [6.45, 7) is 0. The fraction of sp³-hybridized carbons (Fsp3) is 0.143. The van der Waals surface area contributed by atoms with Crippen molar-refractivity contribution in [1.29, 1.82) is 0 Å². The predicted molar refractivity (Wildman–Crippen MR) is 93.8 cm³/mol. The third kappa shape index (κ3) is 5.44. The number of hydrogen-bond acceptors (Lipinski definition) is 2. The van der Waals surface area contributed by atoms with E-state index in [-0.39, 0.29) is 17.1 Å². The van der Waals surface area contributed by atoms with E-state index in [1.807, 2.05) is 6.07 Å². The summed E-state index contributed by atoms with van der Waals surface area (Å²) in [7, 11) is 0. The second kappa shape index (κ2) is 8.44. The molecule has 31 heavy (non-hydrogen) atoms. The standard InChI is InChI=1S/C21H11F8O2/c22-13-7-8-18(20(25,26)27)17(10-13)12-3-1-4-14(9-12)30-15-5-2-6-16(11-15)31-21(28,29)19(23)24/h1-9,11,19H. The van der Waals surface area contributed by atoms with E-state index >= 15 is 0 Å². The monoisotopic (exact) mass is 447 g/mol. The molecule has 163 valence electrons. The highest BCUT2D eigenvalue weighted by Crippen LogP contribution is 2.38. The largest absolute Gasteiger partial charge is 0.461 e. The molecule has 0 saturated carbocycles. The van der Waals surface area contributed by atoms with Gasteiger partial charge in [-0.05, 0) is 42.0 Å². The Balaban J connectivity index is 1.90. The van der Waals surface area contributed by atoms with Gasteiger partial charge in [0.25, 0.3) is 0 Å². The van der Waals surface area contributed by atoms with Gasteiger partial charge in [-0.15, -0.1) is 0 Å². The Kier molecular flexibility index (Phi) is 6.10. The minimum absolute atomic E-state index is 0.0268. The van der Waals surface area contributed by atoms with Crippen LogP contribution in [-0.2, 0) is 6.18 Å². The highest BCUT2D eigenvalue weighted by molar-refractivity contribution is 5.69. The van der Waals surface area contributed by atoms with Gasteiger partial charge < -0.3 is 9.47 Å². The third-order valence-corrected chi connectivity index (χ3v) is 3.89. The first-order valence-electron chi connectivity index (χ1n) is 8.48. The molecule has 0 aliphatic heterocycles. The average molecular weight is 447 g/mol. The van der Waals surface area contributed by atoms with Crippen molar-refractivity contribution in [3.8, 4) is 28.4 Å². The number of alkyl halides is 7. The van der Waals surface area contributed by atoms with Crippen molar-refractivity contribution in [1.82, 2.24) is 0 Å². The molecular weight excluding hydrogens is 436 g/mol. The second-order valence-electron chi connectivity index (χ2n) is 6.16. The highest BCUT2D eigenvalue weighted by Gasteiger charge is 2.44. The summed E-state index contributed by atoms with van der Waals surface area (Å²) >= 11 is 0. The summed E-state index contributed by atoms with van der Waals surface area (Å²) in [5.74, 6) is -1.75. The van der Waals surface area contributed by atoms with E-state index < -0.39 is 41.4 Å². The van der Waals surface area contributed by atoms with Crippen LogP contribution in [-0.4, -0.2) is 12.5 Å². The van der Waals surface area contributed by atoms with Gasteiger partial charge in [0.2, 0.25) is 0 Å². The molecule has 3 aromatic rings. The van der Waals surface area contributed by atoms with Gasteiger partial charge in [-0.25, -0.2) is 4.39 Å². The first-order valence-corrected chi connectivity index (χ1v) is 8.48. The third-order valence-electron chi connectivity index (χ3n) is 3.89. The Morgan fingerprint density at radius 2 is 1.39 bits per heavy atom. The summed E-state index contributed by atoms with van der Waals surface area (Å²) in [4.78, 5) is 0. The van der Waals surface area contributed by atoms with E-state index in [2.05, 4.69) is 4.74 Å².